The van der Waals surface area contributed by atoms with Crippen molar-refractivity contribution in [3.05, 3.63) is 23.4 Å². The quantitative estimate of drug-likeness (QED) is 0.854. The smallest absolute Gasteiger partial charge is 0.303 e. The topological polar surface area (TPSA) is 76.5 Å². The molecule has 0 bridgehead atoms. The molecule has 1 aromatic heterocycles. The Morgan fingerprint density at radius 1 is 1.53 bits per heavy atom. The Hall–Kier alpha value is -1.91. The monoisotopic (exact) mass is 235 g/mol. The Balaban J connectivity index is 2.27. The number of Topliss-reactive ketones (excluding diaryl/α,β-unsaturated/α-hetero) is 1. The number of carboxylic acids is 1. The number of nitrogens with zero attached hydrogens (tertiary/aromatic N) is 1. The van der Waals surface area contributed by atoms with Gasteiger partial charge in [0.15, 0.2) is 5.78 Å². The molecule has 0 saturated heterocycles. The molecule has 0 radical (unpaired) electrons. The molecule has 1 unspecified atom stereocenters. The van der Waals surface area contributed by atoms with E-state index in [9.17, 15) is 9.59 Å². The molecule has 0 spiro atoms. The number of fused-ring (bicyclic) bond motifs is 1. The molecule has 5 heteroatoms. The molecule has 90 valence electrons. The number of rotatable bonds is 3. The third-order valence-corrected chi connectivity index (χ3v) is 2.88. The van der Waals surface area contributed by atoms with E-state index in [1.165, 1.54) is 7.11 Å². The minimum absolute atomic E-state index is 0.00404. The average Bonchev–Trinajstić information content (AvgIpc) is 2.27. The summed E-state index contributed by atoms with van der Waals surface area (Å²) in [5.74, 6) is -0.624. The van der Waals surface area contributed by atoms with Crippen LogP contribution in [0.1, 0.15) is 28.9 Å². The Labute approximate surface area is 98.4 Å². The molecule has 1 aliphatic rings. The number of hydrogen-bond donors (Lipinski definition) is 1. The first-order valence-corrected chi connectivity index (χ1v) is 5.39. The van der Waals surface area contributed by atoms with E-state index >= 15 is 0 Å². The van der Waals surface area contributed by atoms with Crippen LogP contribution in [0.2, 0.25) is 0 Å². The molecule has 0 fully saturated rings. The van der Waals surface area contributed by atoms with Gasteiger partial charge in [-0.05, 0) is 18.4 Å². The van der Waals surface area contributed by atoms with Crippen molar-refractivity contribution >= 4 is 11.8 Å². The summed E-state index contributed by atoms with van der Waals surface area (Å²) in [6, 6.07) is 3.34. The van der Waals surface area contributed by atoms with Gasteiger partial charge in [0.2, 0.25) is 5.88 Å². The molecule has 1 atom stereocenters. The predicted octanol–water partition coefficient (Wildman–Crippen LogP) is 1.31. The largest absolute Gasteiger partial charge is 0.481 e. The summed E-state index contributed by atoms with van der Waals surface area (Å²) in [6.45, 7) is 0. The van der Waals surface area contributed by atoms with Gasteiger partial charge < -0.3 is 9.84 Å². The van der Waals surface area contributed by atoms with Crippen LogP contribution in [0, 0.1) is 5.92 Å². The number of carbonyl (C=O) groups excluding carboxylic acids is 1. The van der Waals surface area contributed by atoms with Crippen molar-refractivity contribution < 1.29 is 19.4 Å². The highest BCUT2D eigenvalue weighted by molar-refractivity contribution is 5.98. The van der Waals surface area contributed by atoms with Gasteiger partial charge in [-0.25, -0.2) is 4.98 Å². The van der Waals surface area contributed by atoms with Crippen molar-refractivity contribution in [2.75, 3.05) is 7.11 Å². The summed E-state index contributed by atoms with van der Waals surface area (Å²) >= 11 is 0. The van der Waals surface area contributed by atoms with E-state index in [-0.39, 0.29) is 24.5 Å². The molecule has 0 saturated carbocycles. The molecule has 17 heavy (non-hydrogen) atoms. The zero-order valence-corrected chi connectivity index (χ0v) is 9.47. The summed E-state index contributed by atoms with van der Waals surface area (Å²) in [5.41, 5.74) is 1.24. The third-order valence-electron chi connectivity index (χ3n) is 2.88. The van der Waals surface area contributed by atoms with Gasteiger partial charge in [-0.3, -0.25) is 9.59 Å². The highest BCUT2D eigenvalue weighted by Gasteiger charge is 2.27. The highest BCUT2D eigenvalue weighted by atomic mass is 16.5. The standard InChI is InChI=1S/C12H13NO4/c1-17-11-3-2-8-9(13-11)4-7(5-10(8)14)6-12(15)16/h2-3,7H,4-6H2,1H3,(H,15,16). The predicted molar refractivity (Wildman–Crippen MR) is 59.2 cm³/mol. The Morgan fingerprint density at radius 3 is 2.94 bits per heavy atom. The molecule has 5 nitrogen and oxygen atoms in total. The van der Waals surface area contributed by atoms with Gasteiger partial charge in [0.25, 0.3) is 0 Å². The number of pyridine rings is 1. The van der Waals surface area contributed by atoms with Crippen LogP contribution in [0.3, 0.4) is 0 Å². The highest BCUT2D eigenvalue weighted by Crippen LogP contribution is 2.27. The van der Waals surface area contributed by atoms with Gasteiger partial charge in [0, 0.05) is 24.5 Å². The van der Waals surface area contributed by atoms with Gasteiger partial charge in [0.05, 0.1) is 12.8 Å². The van der Waals surface area contributed by atoms with Gasteiger partial charge in [0.1, 0.15) is 0 Å². The number of hydrogen-bond acceptors (Lipinski definition) is 4. The molecule has 0 amide bonds. The van der Waals surface area contributed by atoms with Gasteiger partial charge in [-0.2, -0.15) is 0 Å². The molecule has 2 rings (SSSR count). The van der Waals surface area contributed by atoms with Crippen LogP contribution < -0.4 is 4.74 Å². The van der Waals surface area contributed by atoms with E-state index < -0.39 is 5.97 Å². The van der Waals surface area contributed by atoms with Gasteiger partial charge >= 0.3 is 5.97 Å². The second-order valence-corrected chi connectivity index (χ2v) is 4.14. The number of aliphatic carboxylic acids is 1. The molecule has 1 N–H and O–H groups in total. The van der Waals surface area contributed by atoms with E-state index in [2.05, 4.69) is 4.98 Å². The van der Waals surface area contributed by atoms with E-state index in [1.54, 1.807) is 12.1 Å². The summed E-state index contributed by atoms with van der Waals surface area (Å²) in [6.07, 6.45) is 0.807. The number of carbonyl (C=O) groups is 2. The zero-order valence-electron chi connectivity index (χ0n) is 9.47. The van der Waals surface area contributed by atoms with E-state index in [1.807, 2.05) is 0 Å². The lowest BCUT2D eigenvalue weighted by Crippen LogP contribution is -2.23. The Kier molecular flexibility index (Phi) is 3.08. The van der Waals surface area contributed by atoms with Crippen molar-refractivity contribution in [2.24, 2.45) is 5.92 Å². The van der Waals surface area contributed by atoms with Crippen LogP contribution in [-0.2, 0) is 11.2 Å². The SMILES string of the molecule is COc1ccc2c(n1)CC(CC(=O)O)CC2=O. The maximum absolute atomic E-state index is 11.8. The average molecular weight is 235 g/mol. The zero-order chi connectivity index (χ0) is 12.4. The van der Waals surface area contributed by atoms with Crippen molar-refractivity contribution in [1.29, 1.82) is 0 Å². The normalized spacial score (nSPS) is 18.6. The lowest BCUT2D eigenvalue weighted by molar-refractivity contribution is -0.138. The van der Waals surface area contributed by atoms with Crippen molar-refractivity contribution in [1.82, 2.24) is 4.98 Å². The molecular formula is C12H13NO4. The number of aromatic nitrogens is 1. The Morgan fingerprint density at radius 2 is 2.29 bits per heavy atom. The molecular weight excluding hydrogens is 222 g/mol. The summed E-state index contributed by atoms with van der Waals surface area (Å²) in [7, 11) is 1.51. The first kappa shape index (κ1) is 11.6. The fourth-order valence-corrected chi connectivity index (χ4v) is 2.11. The van der Waals surface area contributed by atoms with Crippen LogP contribution in [0.15, 0.2) is 12.1 Å². The first-order valence-electron chi connectivity index (χ1n) is 5.39. The first-order chi connectivity index (χ1) is 8.10. The summed E-state index contributed by atoms with van der Waals surface area (Å²) < 4.78 is 4.99. The fourth-order valence-electron chi connectivity index (χ4n) is 2.11. The third kappa shape index (κ3) is 2.43. The lowest BCUT2D eigenvalue weighted by Gasteiger charge is -2.21. The van der Waals surface area contributed by atoms with E-state index in [0.29, 0.717) is 23.6 Å². The molecule has 0 aromatic carbocycles. The Bertz CT molecular complexity index is 470. The van der Waals surface area contributed by atoms with Crippen LogP contribution >= 0.6 is 0 Å². The molecule has 0 aliphatic heterocycles. The minimum Gasteiger partial charge on any atom is -0.481 e. The number of methoxy groups -OCH3 is 1. The second-order valence-electron chi connectivity index (χ2n) is 4.14. The summed E-state index contributed by atoms with van der Waals surface area (Å²) in [4.78, 5) is 26.7. The molecule has 1 heterocycles. The van der Waals surface area contributed by atoms with E-state index in [0.717, 1.165) is 0 Å². The van der Waals surface area contributed by atoms with Gasteiger partial charge in [-0.15, -0.1) is 0 Å². The number of ketones is 1. The van der Waals surface area contributed by atoms with Crippen molar-refractivity contribution in [2.45, 2.75) is 19.3 Å². The van der Waals surface area contributed by atoms with Crippen molar-refractivity contribution in [3.8, 4) is 5.88 Å². The second kappa shape index (κ2) is 4.53. The fraction of sp³-hybridized carbons (Fsp3) is 0.417. The minimum atomic E-state index is -0.880. The summed E-state index contributed by atoms with van der Waals surface area (Å²) in [5, 5.41) is 8.74. The molecule has 1 aromatic rings. The maximum Gasteiger partial charge on any atom is 0.303 e. The van der Waals surface area contributed by atoms with Gasteiger partial charge in [-0.1, -0.05) is 0 Å². The van der Waals surface area contributed by atoms with Crippen LogP contribution in [0.25, 0.3) is 0 Å². The number of ether oxygens (including phenoxy) is 1. The van der Waals surface area contributed by atoms with Crippen LogP contribution in [0.5, 0.6) is 5.88 Å². The van der Waals surface area contributed by atoms with Crippen LogP contribution in [0.4, 0.5) is 0 Å². The lowest BCUT2D eigenvalue weighted by atomic mass is 9.84. The maximum atomic E-state index is 11.8. The van der Waals surface area contributed by atoms with E-state index in [4.69, 9.17) is 9.84 Å². The molecule has 1 aliphatic carbocycles. The van der Waals surface area contributed by atoms with Crippen molar-refractivity contribution in [3.63, 3.8) is 0 Å². The number of carboxylic acid groups (broad SMARTS) is 1. The van der Waals surface area contributed by atoms with Crippen LogP contribution in [-0.4, -0.2) is 29.0 Å².